The maximum Gasteiger partial charge on any atom is 0.232 e. The van der Waals surface area contributed by atoms with E-state index < -0.39 is 10.0 Å². The molecule has 0 bridgehead atoms. The van der Waals surface area contributed by atoms with Crippen molar-refractivity contribution in [2.45, 2.75) is 13.0 Å². The number of benzene rings is 1. The molecule has 5 heteroatoms. The third-order valence-electron chi connectivity index (χ3n) is 2.26. The molecule has 0 spiro atoms. The highest BCUT2D eigenvalue weighted by Gasteiger charge is 2.16. The molecule has 0 unspecified atom stereocenters. The standard InChI is InChI=1S/C10H16N2O2S/c1-8(11)9-6-4-5-7-10(9)12(2)15(3,13)14/h4-8H,11H2,1-3H3/t8-/m1/s1. The summed E-state index contributed by atoms with van der Waals surface area (Å²) in [7, 11) is -1.71. The second kappa shape index (κ2) is 4.20. The highest BCUT2D eigenvalue weighted by molar-refractivity contribution is 7.92. The van der Waals surface area contributed by atoms with E-state index >= 15 is 0 Å². The van der Waals surface area contributed by atoms with E-state index in [1.165, 1.54) is 17.6 Å². The molecule has 1 aromatic carbocycles. The van der Waals surface area contributed by atoms with E-state index in [1.807, 2.05) is 19.1 Å². The summed E-state index contributed by atoms with van der Waals surface area (Å²) in [6, 6.07) is 7.04. The molecule has 84 valence electrons. The number of hydrogen-bond donors (Lipinski definition) is 1. The van der Waals surface area contributed by atoms with Gasteiger partial charge in [0.05, 0.1) is 11.9 Å². The average molecular weight is 228 g/mol. The molecule has 15 heavy (non-hydrogen) atoms. The van der Waals surface area contributed by atoms with Crippen LogP contribution in [0.1, 0.15) is 18.5 Å². The zero-order chi connectivity index (χ0) is 11.6. The summed E-state index contributed by atoms with van der Waals surface area (Å²) in [5, 5.41) is 0. The van der Waals surface area contributed by atoms with Crippen molar-refractivity contribution in [2.24, 2.45) is 5.73 Å². The van der Waals surface area contributed by atoms with Crippen molar-refractivity contribution in [3.8, 4) is 0 Å². The molecule has 1 aromatic rings. The summed E-state index contributed by atoms with van der Waals surface area (Å²) in [6.45, 7) is 1.83. The normalized spacial score (nSPS) is 13.6. The summed E-state index contributed by atoms with van der Waals surface area (Å²) >= 11 is 0. The summed E-state index contributed by atoms with van der Waals surface area (Å²) in [5.74, 6) is 0. The van der Waals surface area contributed by atoms with E-state index in [4.69, 9.17) is 5.73 Å². The molecule has 0 saturated heterocycles. The van der Waals surface area contributed by atoms with Gasteiger partial charge in [0.2, 0.25) is 10.0 Å². The third kappa shape index (κ3) is 2.70. The van der Waals surface area contributed by atoms with Gasteiger partial charge in [0.25, 0.3) is 0 Å². The summed E-state index contributed by atoms with van der Waals surface area (Å²) in [4.78, 5) is 0. The zero-order valence-electron chi connectivity index (χ0n) is 9.14. The van der Waals surface area contributed by atoms with Crippen molar-refractivity contribution in [2.75, 3.05) is 17.6 Å². The van der Waals surface area contributed by atoms with Gasteiger partial charge in [-0.1, -0.05) is 18.2 Å². The minimum Gasteiger partial charge on any atom is -0.324 e. The predicted molar refractivity (Wildman–Crippen MR) is 62.3 cm³/mol. The quantitative estimate of drug-likeness (QED) is 0.842. The van der Waals surface area contributed by atoms with Gasteiger partial charge in [0.1, 0.15) is 0 Å². The van der Waals surface area contributed by atoms with Gasteiger partial charge in [-0.15, -0.1) is 0 Å². The van der Waals surface area contributed by atoms with E-state index in [0.29, 0.717) is 5.69 Å². The summed E-state index contributed by atoms with van der Waals surface area (Å²) in [5.41, 5.74) is 7.23. The molecule has 0 aliphatic rings. The van der Waals surface area contributed by atoms with Crippen LogP contribution in [0.2, 0.25) is 0 Å². The third-order valence-corrected chi connectivity index (χ3v) is 3.46. The molecular formula is C10H16N2O2S. The minimum atomic E-state index is -3.23. The Kier molecular flexibility index (Phi) is 3.36. The molecule has 0 amide bonds. The molecule has 0 saturated carbocycles. The van der Waals surface area contributed by atoms with E-state index in [1.54, 1.807) is 12.1 Å². The predicted octanol–water partition coefficient (Wildman–Crippen LogP) is 1.10. The van der Waals surface area contributed by atoms with Crippen molar-refractivity contribution in [3.05, 3.63) is 29.8 Å². The van der Waals surface area contributed by atoms with E-state index in [2.05, 4.69) is 0 Å². The van der Waals surface area contributed by atoms with E-state index in [-0.39, 0.29) is 6.04 Å². The molecule has 0 radical (unpaired) electrons. The SMILES string of the molecule is C[C@@H](N)c1ccccc1N(C)S(C)(=O)=O. The number of rotatable bonds is 3. The molecule has 0 aliphatic heterocycles. The van der Waals surface area contributed by atoms with Crippen LogP contribution >= 0.6 is 0 Å². The van der Waals surface area contributed by atoms with Gasteiger partial charge < -0.3 is 5.73 Å². The number of anilines is 1. The van der Waals surface area contributed by atoms with Crippen LogP contribution in [0.25, 0.3) is 0 Å². The van der Waals surface area contributed by atoms with Crippen LogP contribution in [0.15, 0.2) is 24.3 Å². The Morgan fingerprint density at radius 3 is 2.33 bits per heavy atom. The largest absolute Gasteiger partial charge is 0.324 e. The second-order valence-corrected chi connectivity index (χ2v) is 5.59. The second-order valence-electron chi connectivity index (χ2n) is 3.58. The molecule has 1 atom stereocenters. The number of sulfonamides is 1. The van der Waals surface area contributed by atoms with Crippen LogP contribution in [0, 0.1) is 0 Å². The van der Waals surface area contributed by atoms with Crippen LogP contribution in [0.4, 0.5) is 5.69 Å². The van der Waals surface area contributed by atoms with E-state index in [9.17, 15) is 8.42 Å². The lowest BCUT2D eigenvalue weighted by Gasteiger charge is -2.21. The van der Waals surface area contributed by atoms with Crippen molar-refractivity contribution in [3.63, 3.8) is 0 Å². The van der Waals surface area contributed by atoms with Gasteiger partial charge in [-0.3, -0.25) is 4.31 Å². The lowest BCUT2D eigenvalue weighted by atomic mass is 10.1. The molecule has 1 rings (SSSR count). The van der Waals surface area contributed by atoms with Gasteiger partial charge in [-0.05, 0) is 18.6 Å². The Balaban J connectivity index is 3.26. The topological polar surface area (TPSA) is 63.4 Å². The lowest BCUT2D eigenvalue weighted by Crippen LogP contribution is -2.26. The fourth-order valence-electron chi connectivity index (χ4n) is 1.34. The number of nitrogens with two attached hydrogens (primary N) is 1. The smallest absolute Gasteiger partial charge is 0.232 e. The average Bonchev–Trinajstić information content (AvgIpc) is 2.15. The van der Waals surface area contributed by atoms with Gasteiger partial charge >= 0.3 is 0 Å². The van der Waals surface area contributed by atoms with Crippen LogP contribution < -0.4 is 10.0 Å². The summed E-state index contributed by atoms with van der Waals surface area (Å²) < 4.78 is 24.0. The first-order valence-corrected chi connectivity index (χ1v) is 6.47. The Labute approximate surface area is 90.8 Å². The van der Waals surface area contributed by atoms with Crippen molar-refractivity contribution in [1.29, 1.82) is 0 Å². The van der Waals surface area contributed by atoms with Crippen LogP contribution in [0.3, 0.4) is 0 Å². The highest BCUT2D eigenvalue weighted by Crippen LogP contribution is 2.25. The minimum absolute atomic E-state index is 0.189. The van der Waals surface area contributed by atoms with Crippen LogP contribution in [-0.4, -0.2) is 21.7 Å². The molecular weight excluding hydrogens is 212 g/mol. The zero-order valence-corrected chi connectivity index (χ0v) is 9.95. The van der Waals surface area contributed by atoms with Gasteiger partial charge in [0, 0.05) is 13.1 Å². The highest BCUT2D eigenvalue weighted by atomic mass is 32.2. The van der Waals surface area contributed by atoms with E-state index in [0.717, 1.165) is 5.56 Å². The molecule has 0 aromatic heterocycles. The first-order chi connectivity index (χ1) is 6.84. The first kappa shape index (κ1) is 12.0. The first-order valence-electron chi connectivity index (χ1n) is 4.62. The van der Waals surface area contributed by atoms with Gasteiger partial charge in [-0.2, -0.15) is 0 Å². The molecule has 0 aliphatic carbocycles. The number of nitrogens with zero attached hydrogens (tertiary/aromatic N) is 1. The van der Waals surface area contributed by atoms with Crippen molar-refractivity contribution < 1.29 is 8.42 Å². The Morgan fingerprint density at radius 2 is 1.87 bits per heavy atom. The molecule has 0 fully saturated rings. The van der Waals surface area contributed by atoms with Gasteiger partial charge in [-0.25, -0.2) is 8.42 Å². The maximum atomic E-state index is 11.4. The Hall–Kier alpha value is -1.07. The Bertz CT molecular complexity index is 440. The van der Waals surface area contributed by atoms with Crippen LogP contribution in [0.5, 0.6) is 0 Å². The Morgan fingerprint density at radius 1 is 1.33 bits per heavy atom. The molecule has 2 N–H and O–H groups in total. The fraction of sp³-hybridized carbons (Fsp3) is 0.400. The lowest BCUT2D eigenvalue weighted by molar-refractivity contribution is 0.600. The number of para-hydroxylation sites is 1. The summed E-state index contributed by atoms with van der Waals surface area (Å²) in [6.07, 6.45) is 1.17. The fourth-order valence-corrected chi connectivity index (χ4v) is 1.86. The maximum absolute atomic E-state index is 11.4. The molecule has 4 nitrogen and oxygen atoms in total. The molecule has 0 heterocycles. The van der Waals surface area contributed by atoms with Crippen LogP contribution in [-0.2, 0) is 10.0 Å². The monoisotopic (exact) mass is 228 g/mol. The van der Waals surface area contributed by atoms with Gasteiger partial charge in [0.15, 0.2) is 0 Å². The number of hydrogen-bond acceptors (Lipinski definition) is 3. The van der Waals surface area contributed by atoms with Crippen molar-refractivity contribution >= 4 is 15.7 Å². The van der Waals surface area contributed by atoms with Crippen molar-refractivity contribution in [1.82, 2.24) is 0 Å².